The van der Waals surface area contributed by atoms with Crippen molar-refractivity contribution >= 4 is 69.6 Å². The van der Waals surface area contributed by atoms with Crippen molar-refractivity contribution in [3.05, 3.63) is 169 Å². The highest BCUT2D eigenvalue weighted by Crippen LogP contribution is 2.32. The molecule has 0 heterocycles. The molecule has 0 aliphatic carbocycles. The van der Waals surface area contributed by atoms with Crippen LogP contribution < -0.4 is 39.2 Å². The summed E-state index contributed by atoms with van der Waals surface area (Å²) in [6, 6.07) is 48.8. The maximum absolute atomic E-state index is 14.7. The molecule has 8 amide bonds. The Kier molecular flexibility index (Phi) is 13.1. The van der Waals surface area contributed by atoms with Crippen LogP contribution in [0.2, 0.25) is 0 Å². The Hall–Kier alpha value is -7.60. The van der Waals surface area contributed by atoms with E-state index < -0.39 is 0 Å². The maximum atomic E-state index is 14.7. The van der Waals surface area contributed by atoms with Gasteiger partial charge in [0.1, 0.15) is 0 Å². The average Bonchev–Trinajstić information content (AvgIpc) is 3.31. The molecule has 0 aromatic heterocycles. The zero-order chi connectivity index (χ0) is 42.9. The third kappa shape index (κ3) is 9.40. The molecule has 12 nitrogen and oxygen atoms in total. The number of amides is 8. The Bertz CT molecular complexity index is 2340. The Morgan fingerprint density at radius 2 is 0.567 bits per heavy atom. The van der Waals surface area contributed by atoms with E-state index in [1.165, 1.54) is 14.7 Å². The first kappa shape index (κ1) is 42.0. The first-order chi connectivity index (χ1) is 28.8. The Morgan fingerprint density at radius 1 is 0.300 bits per heavy atom. The van der Waals surface area contributed by atoms with Gasteiger partial charge in [-0.15, -0.1) is 0 Å². The zero-order valence-corrected chi connectivity index (χ0v) is 35.0. The molecule has 0 unspecified atom stereocenters. The summed E-state index contributed by atoms with van der Waals surface area (Å²) < 4.78 is 0. The van der Waals surface area contributed by atoms with Crippen LogP contribution in [-0.4, -0.2) is 73.5 Å². The number of anilines is 8. The van der Waals surface area contributed by atoms with E-state index in [4.69, 9.17) is 0 Å². The van der Waals surface area contributed by atoms with E-state index in [-0.39, 0.29) is 30.7 Å². The quantitative estimate of drug-likeness (QED) is 0.138. The molecular formula is C48H50N8O4. The minimum Gasteiger partial charge on any atom is -0.297 e. The van der Waals surface area contributed by atoms with Gasteiger partial charge in [-0.1, -0.05) is 78.9 Å². The number of benzene rings is 6. The van der Waals surface area contributed by atoms with Gasteiger partial charge in [-0.25, -0.2) is 19.2 Å². The summed E-state index contributed by atoms with van der Waals surface area (Å²) >= 11 is 0. The van der Waals surface area contributed by atoms with Gasteiger partial charge in [-0.2, -0.15) is 0 Å². The van der Waals surface area contributed by atoms with Crippen molar-refractivity contribution in [2.75, 3.05) is 88.5 Å². The lowest BCUT2D eigenvalue weighted by atomic mass is 10.1. The fourth-order valence-corrected chi connectivity index (χ4v) is 6.69. The van der Waals surface area contributed by atoms with Gasteiger partial charge in [0, 0.05) is 94.8 Å². The van der Waals surface area contributed by atoms with E-state index in [0.29, 0.717) is 45.4 Å². The average molecular weight is 803 g/mol. The fraction of sp³-hybridized carbons (Fsp3) is 0.167. The molecule has 0 bridgehead atoms. The second-order valence-corrected chi connectivity index (χ2v) is 14.3. The van der Waals surface area contributed by atoms with Crippen molar-refractivity contribution in [3.8, 4) is 0 Å². The minimum atomic E-state index is -0.345. The van der Waals surface area contributed by atoms with E-state index in [1.54, 1.807) is 92.0 Å². The van der Waals surface area contributed by atoms with Crippen molar-refractivity contribution in [2.45, 2.75) is 6.54 Å². The van der Waals surface area contributed by atoms with Crippen LogP contribution in [0, 0.1) is 0 Å². The highest BCUT2D eigenvalue weighted by Gasteiger charge is 2.27. The first-order valence-electron chi connectivity index (χ1n) is 19.4. The van der Waals surface area contributed by atoms with Gasteiger partial charge in [-0.05, 0) is 90.5 Å². The molecular weight excluding hydrogens is 753 g/mol. The lowest BCUT2D eigenvalue weighted by molar-refractivity contribution is 0.251. The van der Waals surface area contributed by atoms with Crippen LogP contribution in [-0.2, 0) is 6.54 Å². The van der Waals surface area contributed by atoms with Crippen molar-refractivity contribution in [1.29, 1.82) is 0 Å². The SMILES string of the molecule is CN(C(=O)N(C)c1cc(CN(C(=O)N(C)c2ccccc2)c2cccc(N(C)C(=O)N(C)c3ccccc3)c2)cc(N(C)C(=O)N(C)c2ccccc2)c1)c1ccccc1. The van der Waals surface area contributed by atoms with Gasteiger partial charge < -0.3 is 0 Å². The number of para-hydroxylation sites is 4. The van der Waals surface area contributed by atoms with Crippen LogP contribution in [0.3, 0.4) is 0 Å². The summed E-state index contributed by atoms with van der Waals surface area (Å²) in [5.41, 5.74) is 5.57. The van der Waals surface area contributed by atoms with Crippen LogP contribution in [0.25, 0.3) is 0 Å². The number of rotatable bonds is 10. The monoisotopic (exact) mass is 802 g/mol. The van der Waals surface area contributed by atoms with Gasteiger partial charge in [0.15, 0.2) is 0 Å². The van der Waals surface area contributed by atoms with Crippen LogP contribution in [0.4, 0.5) is 64.7 Å². The molecule has 0 spiro atoms. The Balaban J connectivity index is 1.42. The molecule has 0 radical (unpaired) electrons. The van der Waals surface area contributed by atoms with Crippen LogP contribution >= 0.6 is 0 Å². The summed E-state index contributed by atoms with van der Waals surface area (Å²) in [5.74, 6) is 0. The molecule has 6 aromatic rings. The van der Waals surface area contributed by atoms with Gasteiger partial charge in [0.25, 0.3) is 0 Å². The second-order valence-electron chi connectivity index (χ2n) is 14.3. The van der Waals surface area contributed by atoms with Crippen molar-refractivity contribution < 1.29 is 19.2 Å². The largest absolute Gasteiger partial charge is 0.329 e. The molecule has 0 saturated heterocycles. The molecule has 0 saturated carbocycles. The number of hydrogen-bond donors (Lipinski definition) is 0. The van der Waals surface area contributed by atoms with E-state index in [2.05, 4.69) is 0 Å². The molecule has 6 rings (SSSR count). The standard InChI is InChI=1S/C48H50N8O4/c1-49(37-21-12-8-13-22-37)45(57)53(5)41-29-20-30-42(33-41)56(48(60)52(4)40-27-18-11-19-28-40)35-36-31-43(54(6)46(58)50(2)38-23-14-9-15-24-38)34-44(32-36)55(7)47(59)51(3)39-25-16-10-17-26-39/h8-34H,35H2,1-7H3. The summed E-state index contributed by atoms with van der Waals surface area (Å²) in [5, 5.41) is 0. The van der Waals surface area contributed by atoms with Crippen molar-refractivity contribution in [3.63, 3.8) is 0 Å². The molecule has 0 fully saturated rings. The van der Waals surface area contributed by atoms with Gasteiger partial charge in [0.2, 0.25) is 0 Å². The van der Waals surface area contributed by atoms with Crippen LogP contribution in [0.5, 0.6) is 0 Å². The highest BCUT2D eigenvalue weighted by molar-refractivity contribution is 6.07. The predicted octanol–water partition coefficient (Wildman–Crippen LogP) is 10.0. The topological polar surface area (TPSA) is 94.2 Å². The first-order valence-corrected chi connectivity index (χ1v) is 19.4. The number of carbonyl (C=O) groups is 4. The van der Waals surface area contributed by atoms with Crippen molar-refractivity contribution in [2.24, 2.45) is 0 Å². The highest BCUT2D eigenvalue weighted by atomic mass is 16.2. The third-order valence-corrected chi connectivity index (χ3v) is 10.4. The molecule has 12 heteroatoms. The minimum absolute atomic E-state index is 0.0367. The zero-order valence-electron chi connectivity index (χ0n) is 35.0. The summed E-state index contributed by atoms with van der Waals surface area (Å²) in [7, 11) is 11.9. The van der Waals surface area contributed by atoms with E-state index in [1.807, 2.05) is 146 Å². The summed E-state index contributed by atoms with van der Waals surface area (Å²) in [4.78, 5) is 68.9. The van der Waals surface area contributed by atoms with E-state index in [9.17, 15) is 19.2 Å². The molecule has 0 N–H and O–H groups in total. The third-order valence-electron chi connectivity index (χ3n) is 10.4. The number of hydrogen-bond acceptors (Lipinski definition) is 4. The number of urea groups is 4. The molecule has 306 valence electrons. The van der Waals surface area contributed by atoms with E-state index in [0.717, 1.165) is 5.69 Å². The Morgan fingerprint density at radius 3 is 0.933 bits per heavy atom. The predicted molar refractivity (Wildman–Crippen MR) is 245 cm³/mol. The van der Waals surface area contributed by atoms with E-state index >= 15 is 0 Å². The van der Waals surface area contributed by atoms with Gasteiger partial charge in [0.05, 0.1) is 6.54 Å². The molecule has 0 aliphatic heterocycles. The molecule has 0 atom stereocenters. The lowest BCUT2D eigenvalue weighted by Crippen LogP contribution is -2.42. The van der Waals surface area contributed by atoms with Crippen LogP contribution in [0.15, 0.2) is 164 Å². The fourth-order valence-electron chi connectivity index (χ4n) is 6.69. The smallest absolute Gasteiger partial charge is 0.297 e. The normalized spacial score (nSPS) is 10.6. The lowest BCUT2D eigenvalue weighted by Gasteiger charge is -2.31. The second kappa shape index (κ2) is 18.8. The van der Waals surface area contributed by atoms with Crippen molar-refractivity contribution in [1.82, 2.24) is 0 Å². The molecule has 6 aromatic carbocycles. The Labute approximate surface area is 352 Å². The number of nitrogens with zero attached hydrogens (tertiary/aromatic N) is 8. The maximum Gasteiger partial charge on any atom is 0.329 e. The van der Waals surface area contributed by atoms with Gasteiger partial charge in [-0.3, -0.25) is 39.2 Å². The summed E-state index contributed by atoms with van der Waals surface area (Å²) in [6.45, 7) is 0.0367. The van der Waals surface area contributed by atoms with Crippen LogP contribution in [0.1, 0.15) is 5.56 Å². The molecule has 0 aliphatic rings. The molecule has 60 heavy (non-hydrogen) atoms. The number of carbonyl (C=O) groups excluding carboxylic acids is 4. The van der Waals surface area contributed by atoms with Gasteiger partial charge >= 0.3 is 24.1 Å². The summed E-state index contributed by atoms with van der Waals surface area (Å²) in [6.07, 6.45) is 0.